The van der Waals surface area contributed by atoms with E-state index >= 15 is 0 Å². The lowest BCUT2D eigenvalue weighted by atomic mass is 10.5. The molecule has 1 aromatic heterocycles. The largest absolute Gasteiger partial charge is 0.468 e. The summed E-state index contributed by atoms with van der Waals surface area (Å²) in [6, 6.07) is 1.76. The van der Waals surface area contributed by atoms with Crippen molar-refractivity contribution in [1.29, 1.82) is 0 Å². The third-order valence-corrected chi connectivity index (χ3v) is 2.42. The van der Waals surface area contributed by atoms with E-state index in [9.17, 15) is 0 Å². The first-order valence-electron chi connectivity index (χ1n) is 3.89. The maximum absolute atomic E-state index is 6.95. The number of aryl methyl sites for hydroxylation is 1. The molecule has 0 fully saturated rings. The van der Waals surface area contributed by atoms with Crippen LogP contribution in [0.5, 0.6) is 0 Å². The molecule has 0 saturated heterocycles. The van der Waals surface area contributed by atoms with Gasteiger partial charge in [-0.15, -0.1) is 0 Å². The predicted molar refractivity (Wildman–Crippen MR) is 42.8 cm³/mol. The van der Waals surface area contributed by atoms with Gasteiger partial charge in [0.05, 0.1) is 11.2 Å². The summed E-state index contributed by atoms with van der Waals surface area (Å²) in [7, 11) is 2.08. The van der Waals surface area contributed by atoms with Crippen LogP contribution in [0.15, 0.2) is 21.6 Å². The molecule has 0 amide bonds. The van der Waals surface area contributed by atoms with Crippen LogP contribution in [0.2, 0.25) is 0 Å². The van der Waals surface area contributed by atoms with Crippen LogP contribution >= 0.6 is 21.6 Å². The van der Waals surface area contributed by atoms with Crippen molar-refractivity contribution >= 4 is 21.6 Å². The van der Waals surface area contributed by atoms with Crippen LogP contribution in [0.25, 0.3) is 0 Å². The molecular weight excluding hydrogens is 152 g/mol. The summed E-state index contributed by atoms with van der Waals surface area (Å²) in [6.45, 7) is 1.81. The van der Waals surface area contributed by atoms with E-state index in [1.165, 1.54) is 10.8 Å². The SMILES string of the molecule is [2H]C([2H])([2H])SSc1ccoc1C. The lowest BCUT2D eigenvalue weighted by molar-refractivity contribution is 0.527. The number of rotatable bonds is 2. The van der Waals surface area contributed by atoms with E-state index in [0.29, 0.717) is 0 Å². The maximum atomic E-state index is 6.95. The van der Waals surface area contributed by atoms with Gasteiger partial charge < -0.3 is 4.42 Å². The Labute approximate surface area is 66.8 Å². The molecule has 1 rings (SSSR count). The minimum Gasteiger partial charge on any atom is -0.468 e. The highest BCUT2D eigenvalue weighted by atomic mass is 33.1. The second kappa shape index (κ2) is 3.22. The second-order valence-electron chi connectivity index (χ2n) is 1.51. The Balaban J connectivity index is 2.49. The zero-order valence-corrected chi connectivity index (χ0v) is 6.51. The van der Waals surface area contributed by atoms with Gasteiger partial charge in [0.1, 0.15) is 5.76 Å². The number of hydrogen-bond acceptors (Lipinski definition) is 3. The number of furan rings is 1. The standard InChI is InChI=1S/C6H8OS2/c1-5-6(9-8-2)3-4-7-5/h3-4H,1-2H3/i2D3. The molecule has 9 heavy (non-hydrogen) atoms. The van der Waals surface area contributed by atoms with Crippen molar-refractivity contribution in [2.75, 3.05) is 6.18 Å². The molecule has 50 valence electrons. The molecule has 0 radical (unpaired) electrons. The smallest absolute Gasteiger partial charge is 0.115 e. The van der Waals surface area contributed by atoms with Gasteiger partial charge in [0.25, 0.3) is 0 Å². The van der Waals surface area contributed by atoms with Crippen LogP contribution in [0.4, 0.5) is 0 Å². The second-order valence-corrected chi connectivity index (χ2v) is 3.28. The van der Waals surface area contributed by atoms with Gasteiger partial charge in [-0.25, -0.2) is 0 Å². The van der Waals surface area contributed by atoms with Crippen molar-refractivity contribution in [2.45, 2.75) is 11.8 Å². The maximum Gasteiger partial charge on any atom is 0.115 e. The van der Waals surface area contributed by atoms with Crippen molar-refractivity contribution < 1.29 is 8.53 Å². The molecular formula is C6H8OS2. The topological polar surface area (TPSA) is 13.1 Å². The van der Waals surface area contributed by atoms with E-state index in [1.54, 1.807) is 12.3 Å². The fourth-order valence-electron chi connectivity index (χ4n) is 0.505. The Morgan fingerprint density at radius 2 is 2.67 bits per heavy atom. The fraction of sp³-hybridized carbons (Fsp3) is 0.333. The molecule has 1 heterocycles. The summed E-state index contributed by atoms with van der Waals surface area (Å²) in [5, 5.41) is 0. The van der Waals surface area contributed by atoms with Crippen LogP contribution in [-0.2, 0) is 0 Å². The van der Waals surface area contributed by atoms with E-state index in [-0.39, 0.29) is 0 Å². The summed E-state index contributed by atoms with van der Waals surface area (Å²) in [5.41, 5.74) is 0. The van der Waals surface area contributed by atoms with Gasteiger partial charge in [0.2, 0.25) is 0 Å². The van der Waals surface area contributed by atoms with Crippen LogP contribution in [-0.4, -0.2) is 6.18 Å². The third-order valence-electron chi connectivity index (χ3n) is 0.943. The molecule has 0 aromatic carbocycles. The molecule has 0 unspecified atom stereocenters. The lowest BCUT2D eigenvalue weighted by Crippen LogP contribution is -1.62. The van der Waals surface area contributed by atoms with Crippen molar-refractivity contribution in [2.24, 2.45) is 0 Å². The van der Waals surface area contributed by atoms with Gasteiger partial charge in [-0.2, -0.15) is 0 Å². The van der Waals surface area contributed by atoms with Crippen molar-refractivity contribution in [3.05, 3.63) is 18.1 Å². The zero-order chi connectivity index (χ0) is 9.19. The summed E-state index contributed by atoms with van der Waals surface area (Å²) >= 11 is 0. The van der Waals surface area contributed by atoms with Gasteiger partial charge >= 0.3 is 0 Å². The highest BCUT2D eigenvalue weighted by molar-refractivity contribution is 8.76. The van der Waals surface area contributed by atoms with E-state index in [1.807, 2.05) is 6.92 Å². The first-order valence-corrected chi connectivity index (χ1v) is 4.54. The molecule has 1 nitrogen and oxygen atoms in total. The Bertz CT molecular complexity index is 256. The Kier molecular flexibility index (Phi) is 1.43. The minimum atomic E-state index is -1.95. The molecule has 3 heteroatoms. The molecule has 0 aliphatic carbocycles. The zero-order valence-electron chi connectivity index (χ0n) is 7.88. The highest BCUT2D eigenvalue weighted by Crippen LogP contribution is 2.31. The molecule has 0 aliphatic heterocycles. The quantitative estimate of drug-likeness (QED) is 0.622. The summed E-state index contributed by atoms with van der Waals surface area (Å²) in [4.78, 5) is 0.871. The molecule has 0 atom stereocenters. The van der Waals surface area contributed by atoms with E-state index in [2.05, 4.69) is 0 Å². The van der Waals surface area contributed by atoms with Gasteiger partial charge in [0.15, 0.2) is 0 Å². The Morgan fingerprint density at radius 3 is 3.22 bits per heavy atom. The van der Waals surface area contributed by atoms with Gasteiger partial charge in [-0.1, -0.05) is 21.6 Å². The summed E-state index contributed by atoms with van der Waals surface area (Å²) in [6.07, 6.45) is -0.397. The monoisotopic (exact) mass is 163 g/mol. The average molecular weight is 163 g/mol. The number of hydrogen-bond donors (Lipinski definition) is 0. The van der Waals surface area contributed by atoms with Crippen LogP contribution < -0.4 is 0 Å². The van der Waals surface area contributed by atoms with E-state index < -0.39 is 6.18 Å². The van der Waals surface area contributed by atoms with Crippen LogP contribution in [0.1, 0.15) is 9.87 Å². The lowest BCUT2D eigenvalue weighted by Gasteiger charge is -1.90. The predicted octanol–water partition coefficient (Wildman–Crippen LogP) is 2.96. The van der Waals surface area contributed by atoms with Crippen LogP contribution in [0, 0.1) is 6.92 Å². The molecule has 0 bridgehead atoms. The Hall–Kier alpha value is -0.0200. The average Bonchev–Trinajstić information content (AvgIpc) is 2.29. The van der Waals surface area contributed by atoms with Crippen molar-refractivity contribution in [1.82, 2.24) is 0 Å². The van der Waals surface area contributed by atoms with Crippen molar-refractivity contribution in [3.8, 4) is 0 Å². The first-order chi connectivity index (χ1) is 5.49. The van der Waals surface area contributed by atoms with Gasteiger partial charge in [-0.05, 0) is 19.2 Å². The molecule has 0 N–H and O–H groups in total. The van der Waals surface area contributed by atoms with Crippen molar-refractivity contribution in [3.63, 3.8) is 0 Å². The molecule has 0 spiro atoms. The molecule has 0 aliphatic rings. The third kappa shape index (κ3) is 1.69. The molecule has 1 aromatic rings. The minimum absolute atomic E-state index is 0.761. The first kappa shape index (κ1) is 3.98. The molecule has 0 saturated carbocycles. The van der Waals surface area contributed by atoms with E-state index in [0.717, 1.165) is 21.4 Å². The van der Waals surface area contributed by atoms with Gasteiger partial charge in [-0.3, -0.25) is 0 Å². The Morgan fingerprint density at radius 1 is 1.78 bits per heavy atom. The summed E-state index contributed by atoms with van der Waals surface area (Å²) in [5.74, 6) is 0.761. The normalized spacial score (nSPS) is 16.3. The highest BCUT2D eigenvalue weighted by Gasteiger charge is 1.98. The van der Waals surface area contributed by atoms with E-state index in [4.69, 9.17) is 8.53 Å². The summed E-state index contributed by atoms with van der Waals surface area (Å²) < 4.78 is 25.9. The van der Waals surface area contributed by atoms with Gasteiger partial charge in [0, 0.05) is 4.11 Å². The fourth-order valence-corrected chi connectivity index (χ4v) is 1.66. The van der Waals surface area contributed by atoms with Crippen LogP contribution in [0.3, 0.4) is 0 Å².